The molecule has 0 bridgehead atoms. The molecular weight excluding hydrogens is 238 g/mol. The molecule has 0 atom stereocenters. The van der Waals surface area contributed by atoms with Crippen molar-refractivity contribution in [2.24, 2.45) is 5.73 Å². The first-order valence-corrected chi connectivity index (χ1v) is 5.54. The summed E-state index contributed by atoms with van der Waals surface area (Å²) in [4.78, 5) is 31.1. The first-order chi connectivity index (χ1) is 8.63. The molecule has 1 aromatic rings. The Hall–Kier alpha value is -2.02. The van der Waals surface area contributed by atoms with Crippen LogP contribution in [-0.4, -0.2) is 35.1 Å². The standard InChI is InChI=1S/C11H15N3O4/c1-3-17-10(15)7-6-13-8(5-12)14-9(7)11(16)18-4-2/h6H,3-5,12H2,1-2H3. The summed E-state index contributed by atoms with van der Waals surface area (Å²) in [6.45, 7) is 3.77. The van der Waals surface area contributed by atoms with Gasteiger partial charge in [-0.25, -0.2) is 19.6 Å². The lowest BCUT2D eigenvalue weighted by Crippen LogP contribution is -2.19. The number of hydrogen-bond donors (Lipinski definition) is 1. The minimum Gasteiger partial charge on any atom is -0.462 e. The minimum absolute atomic E-state index is 0.0208. The van der Waals surface area contributed by atoms with Gasteiger partial charge in [0.1, 0.15) is 11.4 Å². The van der Waals surface area contributed by atoms with E-state index in [0.717, 1.165) is 0 Å². The second-order valence-corrected chi connectivity index (χ2v) is 3.19. The Balaban J connectivity index is 3.15. The summed E-state index contributed by atoms with van der Waals surface area (Å²) < 4.78 is 9.63. The van der Waals surface area contributed by atoms with E-state index in [1.165, 1.54) is 6.20 Å². The van der Waals surface area contributed by atoms with Gasteiger partial charge in [0.2, 0.25) is 0 Å². The van der Waals surface area contributed by atoms with Crippen LogP contribution in [0.2, 0.25) is 0 Å². The van der Waals surface area contributed by atoms with E-state index < -0.39 is 11.9 Å². The zero-order chi connectivity index (χ0) is 13.5. The van der Waals surface area contributed by atoms with Gasteiger partial charge in [-0.3, -0.25) is 0 Å². The molecule has 0 aliphatic heterocycles. The second-order valence-electron chi connectivity index (χ2n) is 3.19. The number of nitrogens with two attached hydrogens (primary N) is 1. The van der Waals surface area contributed by atoms with Crippen LogP contribution in [0.4, 0.5) is 0 Å². The van der Waals surface area contributed by atoms with E-state index >= 15 is 0 Å². The van der Waals surface area contributed by atoms with Gasteiger partial charge in [-0.15, -0.1) is 0 Å². The maximum absolute atomic E-state index is 11.7. The summed E-state index contributed by atoms with van der Waals surface area (Å²) >= 11 is 0. The van der Waals surface area contributed by atoms with Gasteiger partial charge in [0.15, 0.2) is 5.69 Å². The normalized spacial score (nSPS) is 9.94. The average molecular weight is 253 g/mol. The molecule has 0 spiro atoms. The number of esters is 2. The maximum atomic E-state index is 11.7. The topological polar surface area (TPSA) is 104 Å². The van der Waals surface area contributed by atoms with Crippen LogP contribution in [0.15, 0.2) is 6.20 Å². The Morgan fingerprint density at radius 1 is 1.22 bits per heavy atom. The van der Waals surface area contributed by atoms with E-state index in [2.05, 4.69) is 9.97 Å². The van der Waals surface area contributed by atoms with Crippen LogP contribution in [0.25, 0.3) is 0 Å². The monoisotopic (exact) mass is 253 g/mol. The SMILES string of the molecule is CCOC(=O)c1cnc(CN)nc1C(=O)OCC. The van der Waals surface area contributed by atoms with E-state index in [4.69, 9.17) is 15.2 Å². The number of ether oxygens (including phenoxy) is 2. The fourth-order valence-corrected chi connectivity index (χ4v) is 1.23. The van der Waals surface area contributed by atoms with Gasteiger partial charge >= 0.3 is 11.9 Å². The summed E-state index contributed by atoms with van der Waals surface area (Å²) in [6, 6.07) is 0. The predicted molar refractivity (Wildman–Crippen MR) is 61.8 cm³/mol. The molecule has 0 radical (unpaired) electrons. The zero-order valence-corrected chi connectivity index (χ0v) is 10.3. The molecule has 7 heteroatoms. The molecular formula is C11H15N3O4. The molecule has 98 valence electrons. The quantitative estimate of drug-likeness (QED) is 0.752. The number of hydrogen-bond acceptors (Lipinski definition) is 7. The fraction of sp³-hybridized carbons (Fsp3) is 0.455. The van der Waals surface area contributed by atoms with Crippen LogP contribution in [0.1, 0.15) is 40.5 Å². The highest BCUT2D eigenvalue weighted by molar-refractivity contribution is 6.01. The van der Waals surface area contributed by atoms with Crippen molar-refractivity contribution in [2.45, 2.75) is 20.4 Å². The van der Waals surface area contributed by atoms with Gasteiger partial charge in [0.25, 0.3) is 0 Å². The first-order valence-electron chi connectivity index (χ1n) is 5.54. The molecule has 0 fully saturated rings. The number of carbonyl (C=O) groups is 2. The molecule has 0 aliphatic carbocycles. The molecule has 0 saturated heterocycles. The van der Waals surface area contributed by atoms with Crippen molar-refractivity contribution in [3.8, 4) is 0 Å². The summed E-state index contributed by atoms with van der Waals surface area (Å²) in [7, 11) is 0. The molecule has 1 aromatic heterocycles. The van der Waals surface area contributed by atoms with Gasteiger partial charge in [-0.1, -0.05) is 0 Å². The Kier molecular flexibility index (Phi) is 5.19. The lowest BCUT2D eigenvalue weighted by molar-refractivity contribution is 0.0472. The van der Waals surface area contributed by atoms with Crippen molar-refractivity contribution in [3.05, 3.63) is 23.3 Å². The smallest absolute Gasteiger partial charge is 0.357 e. The third-order valence-corrected chi connectivity index (χ3v) is 1.99. The van der Waals surface area contributed by atoms with Gasteiger partial charge in [-0.05, 0) is 13.8 Å². The van der Waals surface area contributed by atoms with Gasteiger partial charge in [0.05, 0.1) is 19.8 Å². The fourth-order valence-electron chi connectivity index (χ4n) is 1.23. The van der Waals surface area contributed by atoms with Gasteiger partial charge in [0, 0.05) is 6.20 Å². The van der Waals surface area contributed by atoms with Crippen LogP contribution in [0, 0.1) is 0 Å². The highest BCUT2D eigenvalue weighted by Gasteiger charge is 2.22. The molecule has 0 aliphatic rings. The van der Waals surface area contributed by atoms with Crippen molar-refractivity contribution < 1.29 is 19.1 Å². The Labute approximate surface area is 104 Å². The molecule has 2 N–H and O–H groups in total. The average Bonchev–Trinajstić information content (AvgIpc) is 2.38. The third kappa shape index (κ3) is 3.24. The summed E-state index contributed by atoms with van der Waals surface area (Å²) in [5, 5.41) is 0. The van der Waals surface area contributed by atoms with Gasteiger partial charge in [-0.2, -0.15) is 0 Å². The molecule has 1 heterocycles. The van der Waals surface area contributed by atoms with Crippen molar-refractivity contribution in [1.29, 1.82) is 0 Å². The third-order valence-electron chi connectivity index (χ3n) is 1.99. The maximum Gasteiger partial charge on any atom is 0.357 e. The number of nitrogens with zero attached hydrogens (tertiary/aromatic N) is 2. The lowest BCUT2D eigenvalue weighted by atomic mass is 10.2. The highest BCUT2D eigenvalue weighted by Crippen LogP contribution is 2.09. The largest absolute Gasteiger partial charge is 0.462 e. The molecule has 18 heavy (non-hydrogen) atoms. The molecule has 7 nitrogen and oxygen atoms in total. The van der Waals surface area contributed by atoms with E-state index in [9.17, 15) is 9.59 Å². The molecule has 0 unspecified atom stereocenters. The predicted octanol–water partition coefficient (Wildman–Crippen LogP) is 0.289. The van der Waals surface area contributed by atoms with Crippen molar-refractivity contribution >= 4 is 11.9 Å². The van der Waals surface area contributed by atoms with Crippen LogP contribution in [0.3, 0.4) is 0 Å². The zero-order valence-electron chi connectivity index (χ0n) is 10.3. The van der Waals surface area contributed by atoms with Crippen molar-refractivity contribution in [3.63, 3.8) is 0 Å². The molecule has 1 rings (SSSR count). The molecule has 0 aromatic carbocycles. The van der Waals surface area contributed by atoms with Crippen molar-refractivity contribution in [2.75, 3.05) is 13.2 Å². The van der Waals surface area contributed by atoms with E-state index in [-0.39, 0.29) is 36.8 Å². The van der Waals surface area contributed by atoms with E-state index in [0.29, 0.717) is 0 Å². The number of carbonyl (C=O) groups excluding carboxylic acids is 2. The summed E-state index contributed by atoms with van der Waals surface area (Å²) in [5.41, 5.74) is 5.24. The van der Waals surface area contributed by atoms with Gasteiger partial charge < -0.3 is 15.2 Å². The first kappa shape index (κ1) is 14.0. The van der Waals surface area contributed by atoms with E-state index in [1.807, 2.05) is 0 Å². The van der Waals surface area contributed by atoms with Crippen LogP contribution >= 0.6 is 0 Å². The Morgan fingerprint density at radius 3 is 2.39 bits per heavy atom. The van der Waals surface area contributed by atoms with E-state index in [1.54, 1.807) is 13.8 Å². The van der Waals surface area contributed by atoms with Crippen LogP contribution in [-0.2, 0) is 16.0 Å². The molecule has 0 saturated carbocycles. The minimum atomic E-state index is -0.697. The van der Waals surface area contributed by atoms with Crippen LogP contribution < -0.4 is 5.73 Å². The second kappa shape index (κ2) is 6.65. The number of rotatable bonds is 5. The summed E-state index contributed by atoms with van der Waals surface area (Å²) in [6.07, 6.45) is 1.22. The van der Waals surface area contributed by atoms with Crippen molar-refractivity contribution in [1.82, 2.24) is 9.97 Å². The Morgan fingerprint density at radius 2 is 1.83 bits per heavy atom. The van der Waals surface area contributed by atoms with Crippen LogP contribution in [0.5, 0.6) is 0 Å². The summed E-state index contributed by atoms with van der Waals surface area (Å²) in [5.74, 6) is -1.10. The lowest BCUT2D eigenvalue weighted by Gasteiger charge is -2.08. The number of aromatic nitrogens is 2. The highest BCUT2D eigenvalue weighted by atomic mass is 16.5. The Bertz CT molecular complexity index is 448. The molecule has 0 amide bonds.